The first-order valence-corrected chi connectivity index (χ1v) is 7.47. The largest absolute Gasteiger partial charge is 0.378 e. The number of hydrogen-bond donors (Lipinski definition) is 1. The topological polar surface area (TPSA) is 58.4 Å². The Labute approximate surface area is 125 Å². The molecule has 1 aromatic rings. The van der Waals surface area contributed by atoms with Crippen molar-refractivity contribution >= 4 is 27.3 Å². The highest BCUT2D eigenvalue weighted by molar-refractivity contribution is 9.10. The van der Waals surface area contributed by atoms with Gasteiger partial charge in [0.25, 0.3) is 5.69 Å². The lowest BCUT2D eigenvalue weighted by Crippen LogP contribution is -2.33. The summed E-state index contributed by atoms with van der Waals surface area (Å²) in [6, 6.07) is 2.36. The Kier molecular flexibility index (Phi) is 5.31. The van der Waals surface area contributed by atoms with Gasteiger partial charge in [0.05, 0.1) is 9.40 Å². The molecule has 1 heterocycles. The minimum absolute atomic E-state index is 0.103. The fourth-order valence-corrected chi connectivity index (χ4v) is 2.69. The smallest absolute Gasteiger partial charge is 0.293 e. The Bertz CT molecular complexity index is 493. The summed E-state index contributed by atoms with van der Waals surface area (Å²) in [7, 11) is 0. The molecule has 110 valence electrons. The number of rotatable bonds is 5. The van der Waals surface area contributed by atoms with E-state index in [0.717, 1.165) is 19.6 Å². The second-order valence-corrected chi connectivity index (χ2v) is 5.72. The van der Waals surface area contributed by atoms with Crippen molar-refractivity contribution in [2.75, 3.05) is 31.5 Å². The van der Waals surface area contributed by atoms with Crippen LogP contribution in [0.15, 0.2) is 16.6 Å². The van der Waals surface area contributed by atoms with E-state index in [1.165, 1.54) is 31.4 Å². The van der Waals surface area contributed by atoms with Gasteiger partial charge < -0.3 is 10.2 Å². The molecule has 1 N–H and O–H groups in total. The maximum absolute atomic E-state index is 13.5. The first kappa shape index (κ1) is 15.2. The molecule has 20 heavy (non-hydrogen) atoms. The van der Waals surface area contributed by atoms with Crippen molar-refractivity contribution in [3.8, 4) is 0 Å². The molecular weight excluding hydrogens is 329 g/mol. The first-order chi connectivity index (χ1) is 9.58. The minimum Gasteiger partial charge on any atom is -0.378 e. The third-order valence-corrected chi connectivity index (χ3v) is 4.04. The number of nitro groups is 1. The number of anilines is 1. The summed E-state index contributed by atoms with van der Waals surface area (Å²) >= 11 is 2.96. The molecule has 0 bridgehead atoms. The van der Waals surface area contributed by atoms with E-state index in [0.29, 0.717) is 6.54 Å². The molecule has 0 radical (unpaired) electrons. The lowest BCUT2D eigenvalue weighted by Gasteiger charge is -2.26. The summed E-state index contributed by atoms with van der Waals surface area (Å²) in [4.78, 5) is 12.8. The van der Waals surface area contributed by atoms with Gasteiger partial charge in [0.15, 0.2) is 0 Å². The molecule has 1 aromatic carbocycles. The van der Waals surface area contributed by atoms with E-state index in [1.807, 2.05) is 0 Å². The summed E-state index contributed by atoms with van der Waals surface area (Å²) in [5, 5.41) is 13.9. The van der Waals surface area contributed by atoms with Crippen molar-refractivity contribution in [3.05, 3.63) is 32.5 Å². The van der Waals surface area contributed by atoms with Crippen LogP contribution in [0.4, 0.5) is 15.8 Å². The molecule has 1 aliphatic rings. The van der Waals surface area contributed by atoms with Gasteiger partial charge in [0, 0.05) is 25.2 Å². The normalized spacial score (nSPS) is 16.1. The summed E-state index contributed by atoms with van der Waals surface area (Å²) in [5.41, 5.74) is 0.115. The predicted octanol–water partition coefficient (Wildman–Crippen LogP) is 3.39. The third-order valence-electron chi connectivity index (χ3n) is 3.43. The maximum Gasteiger partial charge on any atom is 0.293 e. The zero-order valence-corrected chi connectivity index (χ0v) is 12.7. The van der Waals surface area contributed by atoms with Crippen molar-refractivity contribution in [2.45, 2.75) is 19.3 Å². The van der Waals surface area contributed by atoms with Gasteiger partial charge in [-0.25, -0.2) is 4.39 Å². The second kappa shape index (κ2) is 6.99. The fourth-order valence-electron chi connectivity index (χ4n) is 2.36. The van der Waals surface area contributed by atoms with E-state index < -0.39 is 10.7 Å². The number of nitrogens with one attached hydrogen (secondary N) is 1. The third kappa shape index (κ3) is 3.89. The number of nitro benzene ring substituents is 1. The molecule has 0 spiro atoms. The molecule has 2 rings (SSSR count). The molecule has 0 atom stereocenters. The van der Waals surface area contributed by atoms with Crippen molar-refractivity contribution in [3.63, 3.8) is 0 Å². The first-order valence-electron chi connectivity index (χ1n) is 6.67. The van der Waals surface area contributed by atoms with Gasteiger partial charge in [-0.05, 0) is 41.9 Å². The monoisotopic (exact) mass is 345 g/mol. The Morgan fingerprint density at radius 1 is 1.35 bits per heavy atom. The highest BCUT2D eigenvalue weighted by Crippen LogP contribution is 2.30. The maximum atomic E-state index is 13.5. The molecule has 0 amide bonds. The molecule has 0 aliphatic carbocycles. The Morgan fingerprint density at radius 3 is 2.70 bits per heavy atom. The van der Waals surface area contributed by atoms with E-state index in [-0.39, 0.29) is 15.8 Å². The van der Waals surface area contributed by atoms with E-state index in [9.17, 15) is 14.5 Å². The number of piperidine rings is 1. The summed E-state index contributed by atoms with van der Waals surface area (Å²) in [6.07, 6.45) is 3.67. The summed E-state index contributed by atoms with van der Waals surface area (Å²) in [6.45, 7) is 3.52. The van der Waals surface area contributed by atoms with Crippen LogP contribution in [0.2, 0.25) is 0 Å². The quantitative estimate of drug-likeness (QED) is 0.656. The second-order valence-electron chi connectivity index (χ2n) is 4.87. The van der Waals surface area contributed by atoms with Gasteiger partial charge in [-0.1, -0.05) is 6.42 Å². The van der Waals surface area contributed by atoms with Gasteiger partial charge in [-0.2, -0.15) is 0 Å². The molecule has 1 saturated heterocycles. The van der Waals surface area contributed by atoms with Crippen LogP contribution in [0.25, 0.3) is 0 Å². The van der Waals surface area contributed by atoms with Gasteiger partial charge in [0.2, 0.25) is 0 Å². The van der Waals surface area contributed by atoms with Crippen LogP contribution in [-0.4, -0.2) is 36.0 Å². The number of likely N-dealkylation sites (tertiary alicyclic amines) is 1. The molecule has 1 fully saturated rings. The van der Waals surface area contributed by atoms with Gasteiger partial charge >= 0.3 is 0 Å². The number of nitrogens with zero attached hydrogens (tertiary/aromatic N) is 2. The standard InChI is InChI=1S/C13H17BrFN3O2/c14-10-8-13(18(19)20)12(9-11(10)15)16-4-7-17-5-2-1-3-6-17/h8-9,16H,1-7H2. The predicted molar refractivity (Wildman–Crippen MR) is 79.5 cm³/mol. The van der Waals surface area contributed by atoms with E-state index >= 15 is 0 Å². The molecule has 0 aromatic heterocycles. The zero-order chi connectivity index (χ0) is 14.5. The van der Waals surface area contributed by atoms with Crippen LogP contribution >= 0.6 is 15.9 Å². The van der Waals surface area contributed by atoms with Gasteiger partial charge in [-0.3, -0.25) is 10.1 Å². The molecular formula is C13H17BrFN3O2. The molecule has 0 unspecified atom stereocenters. The van der Waals surface area contributed by atoms with Crippen LogP contribution in [0, 0.1) is 15.9 Å². The van der Waals surface area contributed by atoms with Crippen LogP contribution < -0.4 is 5.32 Å². The van der Waals surface area contributed by atoms with E-state index in [2.05, 4.69) is 26.1 Å². The lowest BCUT2D eigenvalue weighted by molar-refractivity contribution is -0.384. The Morgan fingerprint density at radius 2 is 2.05 bits per heavy atom. The average molecular weight is 346 g/mol. The van der Waals surface area contributed by atoms with Crippen molar-refractivity contribution in [1.29, 1.82) is 0 Å². The number of halogens is 2. The van der Waals surface area contributed by atoms with Gasteiger partial charge in [-0.15, -0.1) is 0 Å². The number of benzene rings is 1. The summed E-state index contributed by atoms with van der Waals surface area (Å²) in [5.74, 6) is -0.504. The van der Waals surface area contributed by atoms with Crippen LogP contribution in [0.1, 0.15) is 19.3 Å². The zero-order valence-electron chi connectivity index (χ0n) is 11.1. The van der Waals surface area contributed by atoms with Crippen molar-refractivity contribution in [2.24, 2.45) is 0 Å². The van der Waals surface area contributed by atoms with E-state index in [4.69, 9.17) is 0 Å². The molecule has 7 heteroatoms. The van der Waals surface area contributed by atoms with Crippen LogP contribution in [-0.2, 0) is 0 Å². The number of hydrogen-bond acceptors (Lipinski definition) is 4. The highest BCUT2D eigenvalue weighted by atomic mass is 79.9. The fraction of sp³-hybridized carbons (Fsp3) is 0.538. The Hall–Kier alpha value is -1.21. The lowest BCUT2D eigenvalue weighted by atomic mass is 10.1. The SMILES string of the molecule is O=[N+]([O-])c1cc(Br)c(F)cc1NCCN1CCCCC1. The molecule has 1 aliphatic heterocycles. The van der Waals surface area contributed by atoms with Crippen LogP contribution in [0.5, 0.6) is 0 Å². The highest BCUT2D eigenvalue weighted by Gasteiger charge is 2.17. The van der Waals surface area contributed by atoms with Crippen LogP contribution in [0.3, 0.4) is 0 Å². The van der Waals surface area contributed by atoms with Crippen molar-refractivity contribution < 1.29 is 9.31 Å². The summed E-state index contributed by atoms with van der Waals surface area (Å²) < 4.78 is 13.6. The molecule has 0 saturated carbocycles. The Balaban J connectivity index is 1.97. The van der Waals surface area contributed by atoms with Crippen molar-refractivity contribution in [1.82, 2.24) is 4.90 Å². The van der Waals surface area contributed by atoms with E-state index in [1.54, 1.807) is 0 Å². The average Bonchev–Trinajstić information content (AvgIpc) is 2.43. The minimum atomic E-state index is -0.507. The molecule has 5 nitrogen and oxygen atoms in total. The van der Waals surface area contributed by atoms with Gasteiger partial charge in [0.1, 0.15) is 11.5 Å².